The molecule has 0 unspecified atom stereocenters. The van der Waals surface area contributed by atoms with Gasteiger partial charge in [0.15, 0.2) is 0 Å². The summed E-state index contributed by atoms with van der Waals surface area (Å²) in [4.78, 5) is 0. The fourth-order valence-corrected chi connectivity index (χ4v) is 8.27. The van der Waals surface area contributed by atoms with E-state index in [0.29, 0.717) is 0 Å². The van der Waals surface area contributed by atoms with Gasteiger partial charge in [-0.3, -0.25) is 0 Å². The topological polar surface area (TPSA) is 116 Å². The Kier molecular flexibility index (Phi) is 58.4. The van der Waals surface area contributed by atoms with E-state index in [2.05, 4.69) is 276 Å². The summed E-state index contributed by atoms with van der Waals surface area (Å²) in [6.07, 6.45) is 26.7. The Balaban J connectivity index is -0.0000000735. The fraction of sp³-hybridized carbons (Fsp3) is 0.453. The van der Waals surface area contributed by atoms with Crippen molar-refractivity contribution in [3.63, 3.8) is 0 Å². The van der Waals surface area contributed by atoms with Gasteiger partial charge in [-0.1, -0.05) is 157 Å². The molecule has 0 aromatic heterocycles. The van der Waals surface area contributed by atoms with Gasteiger partial charge in [-0.2, -0.15) is 71.0 Å². The number of halogens is 1. The van der Waals surface area contributed by atoms with Gasteiger partial charge in [0.1, 0.15) is 0 Å². The van der Waals surface area contributed by atoms with E-state index in [1.54, 1.807) is 20.7 Å². The maximum atomic E-state index is 8.49. The van der Waals surface area contributed by atoms with E-state index in [-0.39, 0.29) is 77.6 Å². The maximum absolute atomic E-state index is 8.49. The van der Waals surface area contributed by atoms with Crippen molar-refractivity contribution in [2.45, 2.75) is 157 Å². The summed E-state index contributed by atoms with van der Waals surface area (Å²) >= 11 is 0. The van der Waals surface area contributed by atoms with E-state index in [4.69, 9.17) is 56.2 Å². The third kappa shape index (κ3) is 78.5. The van der Waals surface area contributed by atoms with Crippen molar-refractivity contribution in [1.29, 1.82) is 5.26 Å². The molecule has 0 aliphatic carbocycles. The Morgan fingerprint density at radius 2 is 0.577 bits per heavy atom. The molecule has 4 rings (SSSR count). The summed E-state index contributed by atoms with van der Waals surface area (Å²) in [5, 5.41) is 12.5. The molecule has 0 heterocycles. The molecule has 4 aromatic rings. The van der Waals surface area contributed by atoms with Crippen molar-refractivity contribution in [1.82, 2.24) is 0 Å². The van der Waals surface area contributed by atoms with Crippen LogP contribution in [0.3, 0.4) is 0 Å². The van der Waals surface area contributed by atoms with Gasteiger partial charge in [0.2, 0.25) is 0 Å². The Labute approximate surface area is 500 Å². The number of nitrogens with zero attached hydrogens (tertiary/aromatic N) is 1. The molecule has 0 saturated carbocycles. The number of hydrogen-bond donors (Lipinski definition) is 0. The van der Waals surface area contributed by atoms with Crippen LogP contribution in [0, 0.1) is 69.9 Å². The van der Waals surface area contributed by atoms with Crippen molar-refractivity contribution in [3.05, 3.63) is 129 Å². The first-order valence-electron chi connectivity index (χ1n) is 22.2. The Hall–Kier alpha value is -0.537. The molecular formula is C53H88ClCu2NO4Si8Ti2. The zero-order valence-corrected chi connectivity index (χ0v) is 61.6. The van der Waals surface area contributed by atoms with E-state index in [0.717, 1.165) is 0 Å². The van der Waals surface area contributed by atoms with Crippen LogP contribution in [0.5, 0.6) is 0 Å². The van der Waals surface area contributed by atoms with Crippen LogP contribution in [0.25, 0.3) is 0 Å². The van der Waals surface area contributed by atoms with Crippen LogP contribution in [0.2, 0.25) is 157 Å². The maximum Gasteiger partial charge on any atom is 4.00 e. The van der Waals surface area contributed by atoms with Crippen LogP contribution in [-0.4, -0.2) is 64.6 Å². The van der Waals surface area contributed by atoms with Gasteiger partial charge in [0.05, 0.1) is 48.4 Å². The summed E-state index contributed by atoms with van der Waals surface area (Å²) in [5.41, 5.74) is 9.97. The molecule has 398 valence electrons. The minimum Gasteiger partial charge on any atom is -0.701 e. The van der Waals surface area contributed by atoms with Crippen LogP contribution in [0.4, 0.5) is 0 Å². The van der Waals surface area contributed by atoms with Crippen molar-refractivity contribution in [3.8, 4) is 22.2 Å². The first-order chi connectivity index (χ1) is 29.7. The summed E-state index contributed by atoms with van der Waals surface area (Å²) < 4.78 is 34.0. The van der Waals surface area contributed by atoms with E-state index in [9.17, 15) is 0 Å². The second-order valence-electron chi connectivity index (χ2n) is 23.6. The molecule has 0 radical (unpaired) electrons. The van der Waals surface area contributed by atoms with E-state index in [1.165, 1.54) is 0 Å². The van der Waals surface area contributed by atoms with Crippen molar-refractivity contribution in [2.24, 2.45) is 0 Å². The van der Waals surface area contributed by atoms with Crippen molar-refractivity contribution < 1.29 is 106 Å². The molecule has 0 spiro atoms. The van der Waals surface area contributed by atoms with Gasteiger partial charge in [0.25, 0.3) is 0 Å². The molecule has 0 N–H and O–H groups in total. The summed E-state index contributed by atoms with van der Waals surface area (Å²) in [6.45, 7) is 58.1. The Morgan fingerprint density at radius 1 is 0.394 bits per heavy atom. The second kappa shape index (κ2) is 44.6. The normalized spacial score (nSPS) is 10.4. The number of hydrogen-bond acceptors (Lipinski definition) is 5. The molecule has 5 nitrogen and oxygen atoms in total. The largest absolute Gasteiger partial charge is 4.00 e. The quantitative estimate of drug-likeness (QED) is 0.115. The first kappa shape index (κ1) is 93.0. The minimum atomic E-state index is -4.94. The van der Waals surface area contributed by atoms with Gasteiger partial charge in [0, 0.05) is 16.1 Å². The van der Waals surface area contributed by atoms with E-state index < -0.39 is 74.8 Å². The molecule has 0 bridgehead atoms. The molecule has 0 fully saturated rings. The molecule has 18 heteroatoms. The van der Waals surface area contributed by atoms with Gasteiger partial charge in [-0.25, -0.2) is 65.4 Å². The molecule has 71 heavy (non-hydrogen) atoms. The summed E-state index contributed by atoms with van der Waals surface area (Å²) in [6, 6.07) is 34.8. The van der Waals surface area contributed by atoms with Crippen molar-refractivity contribution in [2.75, 3.05) is 0 Å². The van der Waals surface area contributed by atoms with Gasteiger partial charge in [-0.05, 0) is 0 Å². The monoisotopic (exact) mass is 1280 g/mol. The second-order valence-corrected chi connectivity index (χ2v) is 63.6. The van der Waals surface area contributed by atoms with Crippen LogP contribution in [-0.2, 0) is 77.6 Å². The van der Waals surface area contributed by atoms with E-state index >= 15 is 0 Å². The first-order valence-corrected chi connectivity index (χ1v) is 51.4. The van der Waals surface area contributed by atoms with Crippen molar-refractivity contribution >= 4 is 85.3 Å². The molecule has 4 aromatic carbocycles. The van der Waals surface area contributed by atoms with Gasteiger partial charge < -0.3 is 59.7 Å². The Morgan fingerprint density at radius 3 is 0.634 bits per heavy atom. The van der Waals surface area contributed by atoms with Crippen LogP contribution in [0.15, 0.2) is 97.1 Å². The van der Waals surface area contributed by atoms with Crippen LogP contribution in [0.1, 0.15) is 0 Å². The molecule has 0 saturated heterocycles. The van der Waals surface area contributed by atoms with E-state index in [1.807, 2.05) is 0 Å². The average molecular weight is 1290 g/mol. The van der Waals surface area contributed by atoms with Gasteiger partial charge >= 0.3 is 77.6 Å². The standard InChI is InChI=1S/4C8H13Si.4C5H9Si.CN.ClHO4.2Cu.2Ti/c4*1-9(2,3)8-6-4-5-7-8;4*1-5-6(2,3)4;1-2;2-1(3,4)5;;;;/h4*4-7H,1-3H3;4*2-4H3;;(H,2,3,4,5);;;;/q9*-1;;2*+1;2*+4/p-1. The third-order valence-electron chi connectivity index (χ3n) is 7.61. The fourth-order valence-electron chi connectivity index (χ4n) is 3.50. The SMILES string of the molecule is C[Si](C)(C)c1cc[cH-]c1.C[Si](C)(C)c1cc[cH-]c1.C[Si](C)(C)c1ccc[cH-]1.C[Si](C)(C)c1ccc[cH-]1.[C-]#C[Si](C)(C)C.[C-]#C[Si](C)(C)C.[C-]#C[Si](C)(C)C.[C-]#C[Si](C)(C)C.[C-]#N.[Cu+].[Cu+].[O-][Cl+3]([O-])([O-])[O-].[Ti+4].[Ti+4]. The zero-order chi connectivity index (χ0) is 55.0. The predicted octanol–water partition coefficient (Wildman–Crippen LogP) is 8.95. The number of rotatable bonds is 4. The minimum absolute atomic E-state index is 0. The smallest absolute Gasteiger partial charge is 0.701 e. The zero-order valence-electron chi connectivity index (χ0n) is 47.8. The molecule has 0 aliphatic heterocycles. The molecule has 0 amide bonds. The predicted molar refractivity (Wildman–Crippen MR) is 307 cm³/mol. The Bertz CT molecular complexity index is 1680. The summed E-state index contributed by atoms with van der Waals surface area (Å²) in [5.74, 6) is 0. The van der Waals surface area contributed by atoms with Crippen LogP contribution < -0.4 is 39.4 Å². The third-order valence-corrected chi connectivity index (χ3v) is 18.9. The summed E-state index contributed by atoms with van der Waals surface area (Å²) in [7, 11) is -13.7. The molecule has 0 aliphatic rings. The molecule has 0 atom stereocenters. The van der Waals surface area contributed by atoms with Crippen LogP contribution >= 0.6 is 0 Å². The average Bonchev–Trinajstić information content (AvgIpc) is 3.98. The van der Waals surface area contributed by atoms with Gasteiger partial charge in [-0.15, -0.1) is 10.2 Å². The molecular weight excluding hydrogens is 1200 g/mol.